The van der Waals surface area contributed by atoms with Crippen molar-refractivity contribution in [3.05, 3.63) is 48.0 Å². The number of benzene rings is 2. The van der Waals surface area contributed by atoms with Crippen LogP contribution in [0.2, 0.25) is 0 Å². The van der Waals surface area contributed by atoms with Crippen molar-refractivity contribution in [2.45, 2.75) is 6.92 Å². The van der Waals surface area contributed by atoms with E-state index in [0.717, 1.165) is 5.69 Å². The highest BCUT2D eigenvalue weighted by Crippen LogP contribution is 2.35. The molecule has 0 aliphatic carbocycles. The molecule has 0 radical (unpaired) electrons. The summed E-state index contributed by atoms with van der Waals surface area (Å²) in [4.78, 5) is 11.6. The Hall–Kier alpha value is -3.13. The van der Waals surface area contributed by atoms with Gasteiger partial charge in [0.2, 0.25) is 5.13 Å². The number of aromatic nitrogens is 2. The Kier molecular flexibility index (Phi) is 4.80. The number of nitrogens with one attached hydrogen (secondary N) is 1. The minimum absolute atomic E-state index is 0.0224. The number of hydrogen-bond donors (Lipinski definition) is 3. The lowest BCUT2D eigenvalue weighted by atomic mass is 10.2. The van der Waals surface area contributed by atoms with Gasteiger partial charge >= 0.3 is 5.97 Å². The van der Waals surface area contributed by atoms with Crippen molar-refractivity contribution < 1.29 is 19.7 Å². The van der Waals surface area contributed by atoms with Crippen LogP contribution in [0.3, 0.4) is 0 Å². The molecule has 3 aromatic rings. The van der Waals surface area contributed by atoms with Gasteiger partial charge in [0.05, 0.1) is 17.7 Å². The summed E-state index contributed by atoms with van der Waals surface area (Å²) in [6, 6.07) is 11.1. The molecule has 128 valence electrons. The Balaban J connectivity index is 1.74. The molecule has 2 aromatic carbocycles. The molecule has 0 unspecified atom stereocenters. The van der Waals surface area contributed by atoms with Crippen molar-refractivity contribution in [2.24, 2.45) is 0 Å². The normalized spacial score (nSPS) is 10.4. The Morgan fingerprint density at radius 1 is 1.16 bits per heavy atom. The molecule has 0 saturated carbocycles. The molecule has 0 amide bonds. The summed E-state index contributed by atoms with van der Waals surface area (Å²) >= 11 is 1.25. The number of phenols is 2. The maximum Gasteiger partial charge on any atom is 0.338 e. The number of rotatable bonds is 5. The zero-order chi connectivity index (χ0) is 17.8. The minimum Gasteiger partial charge on any atom is -0.508 e. The van der Waals surface area contributed by atoms with E-state index in [9.17, 15) is 15.0 Å². The summed E-state index contributed by atoms with van der Waals surface area (Å²) < 4.78 is 4.94. The molecule has 1 aromatic heterocycles. The first-order valence-electron chi connectivity index (χ1n) is 7.47. The fourth-order valence-electron chi connectivity index (χ4n) is 2.11. The van der Waals surface area contributed by atoms with E-state index in [0.29, 0.717) is 27.9 Å². The largest absolute Gasteiger partial charge is 0.508 e. The van der Waals surface area contributed by atoms with Gasteiger partial charge in [0.15, 0.2) is 5.01 Å². The number of carbonyl (C=O) groups excluding carboxylic acids is 1. The van der Waals surface area contributed by atoms with Crippen LogP contribution in [0.4, 0.5) is 10.8 Å². The maximum atomic E-state index is 11.6. The summed E-state index contributed by atoms with van der Waals surface area (Å²) in [6.07, 6.45) is 0. The number of aromatic hydroxyl groups is 2. The topological polar surface area (TPSA) is 105 Å². The van der Waals surface area contributed by atoms with Crippen LogP contribution < -0.4 is 5.32 Å². The van der Waals surface area contributed by atoms with Crippen molar-refractivity contribution in [3.63, 3.8) is 0 Å². The molecular formula is C17H15N3O4S. The molecule has 8 heteroatoms. The lowest BCUT2D eigenvalue weighted by molar-refractivity contribution is 0.0526. The average Bonchev–Trinajstić information content (AvgIpc) is 3.04. The monoisotopic (exact) mass is 357 g/mol. The first-order chi connectivity index (χ1) is 12.1. The van der Waals surface area contributed by atoms with Crippen LogP contribution in [0, 0.1) is 0 Å². The van der Waals surface area contributed by atoms with E-state index in [1.54, 1.807) is 37.3 Å². The van der Waals surface area contributed by atoms with E-state index < -0.39 is 0 Å². The lowest BCUT2D eigenvalue weighted by Crippen LogP contribution is -2.04. The number of hydrogen-bond acceptors (Lipinski definition) is 8. The van der Waals surface area contributed by atoms with Gasteiger partial charge in [-0.3, -0.25) is 0 Å². The first kappa shape index (κ1) is 16.7. The van der Waals surface area contributed by atoms with Crippen LogP contribution in [0.5, 0.6) is 11.5 Å². The number of anilines is 2. The Bertz CT molecular complexity index is 893. The minimum atomic E-state index is -0.366. The molecule has 0 saturated heterocycles. The molecule has 7 nitrogen and oxygen atoms in total. The van der Waals surface area contributed by atoms with Gasteiger partial charge in [0.1, 0.15) is 11.5 Å². The Morgan fingerprint density at radius 2 is 1.92 bits per heavy atom. The van der Waals surface area contributed by atoms with Crippen molar-refractivity contribution in [3.8, 4) is 22.1 Å². The number of carbonyl (C=O) groups is 1. The van der Waals surface area contributed by atoms with Crippen molar-refractivity contribution >= 4 is 28.1 Å². The highest BCUT2D eigenvalue weighted by molar-refractivity contribution is 7.18. The quantitative estimate of drug-likeness (QED) is 0.600. The van der Waals surface area contributed by atoms with E-state index in [-0.39, 0.29) is 17.5 Å². The van der Waals surface area contributed by atoms with Gasteiger partial charge in [-0.25, -0.2) is 4.79 Å². The van der Waals surface area contributed by atoms with Crippen LogP contribution in [-0.4, -0.2) is 33.0 Å². The summed E-state index contributed by atoms with van der Waals surface area (Å²) in [6.45, 7) is 2.09. The summed E-state index contributed by atoms with van der Waals surface area (Å²) in [5.74, 6) is -0.456. The number of esters is 1. The molecule has 1 heterocycles. The average molecular weight is 357 g/mol. The summed E-state index contributed by atoms with van der Waals surface area (Å²) in [7, 11) is 0. The first-order valence-corrected chi connectivity index (χ1v) is 8.28. The number of phenolic OH excluding ortho intramolecular Hbond substituents is 2. The third kappa shape index (κ3) is 3.86. The molecule has 0 bridgehead atoms. The number of nitrogens with zero attached hydrogens (tertiary/aromatic N) is 2. The molecule has 0 aliphatic rings. The summed E-state index contributed by atoms with van der Waals surface area (Å²) in [5, 5.41) is 31.4. The SMILES string of the molecule is CCOC(=O)c1ccc(Nc2nnc(-c3ccc(O)cc3O)s2)cc1. The fraction of sp³-hybridized carbons (Fsp3) is 0.118. The smallest absolute Gasteiger partial charge is 0.338 e. The van der Waals surface area contributed by atoms with Gasteiger partial charge in [-0.05, 0) is 43.3 Å². The Labute approximate surface area is 147 Å². The molecule has 0 fully saturated rings. The zero-order valence-corrected chi connectivity index (χ0v) is 14.1. The van der Waals surface area contributed by atoms with Gasteiger partial charge in [-0.1, -0.05) is 11.3 Å². The predicted octanol–water partition coefficient (Wildman–Crippen LogP) is 3.54. The molecule has 0 spiro atoms. The van der Waals surface area contributed by atoms with Crippen LogP contribution in [0.15, 0.2) is 42.5 Å². The lowest BCUT2D eigenvalue weighted by Gasteiger charge is -2.04. The highest BCUT2D eigenvalue weighted by atomic mass is 32.1. The molecule has 0 atom stereocenters. The van der Waals surface area contributed by atoms with Crippen LogP contribution in [-0.2, 0) is 4.74 Å². The van der Waals surface area contributed by atoms with E-state index in [1.165, 1.54) is 23.5 Å². The Morgan fingerprint density at radius 3 is 2.60 bits per heavy atom. The van der Waals surface area contributed by atoms with Crippen LogP contribution in [0.1, 0.15) is 17.3 Å². The van der Waals surface area contributed by atoms with Gasteiger partial charge in [-0.15, -0.1) is 10.2 Å². The van der Waals surface area contributed by atoms with Gasteiger partial charge in [0.25, 0.3) is 0 Å². The molecule has 3 N–H and O–H groups in total. The predicted molar refractivity (Wildman–Crippen MR) is 94.4 cm³/mol. The third-order valence-corrected chi connectivity index (χ3v) is 4.16. The summed E-state index contributed by atoms with van der Waals surface area (Å²) in [5.41, 5.74) is 1.70. The van der Waals surface area contributed by atoms with Gasteiger partial charge < -0.3 is 20.3 Å². The second kappa shape index (κ2) is 7.18. The van der Waals surface area contributed by atoms with Gasteiger partial charge in [-0.2, -0.15) is 0 Å². The van der Waals surface area contributed by atoms with E-state index in [4.69, 9.17) is 4.74 Å². The fourth-order valence-corrected chi connectivity index (χ4v) is 2.91. The van der Waals surface area contributed by atoms with E-state index in [1.807, 2.05) is 0 Å². The molecule has 3 rings (SSSR count). The van der Waals surface area contributed by atoms with Gasteiger partial charge in [0, 0.05) is 11.8 Å². The zero-order valence-electron chi connectivity index (χ0n) is 13.3. The molecular weight excluding hydrogens is 342 g/mol. The van der Waals surface area contributed by atoms with Crippen LogP contribution in [0.25, 0.3) is 10.6 Å². The third-order valence-electron chi connectivity index (χ3n) is 3.28. The van der Waals surface area contributed by atoms with Crippen molar-refractivity contribution in [1.82, 2.24) is 10.2 Å². The highest BCUT2D eigenvalue weighted by Gasteiger charge is 2.12. The molecule has 25 heavy (non-hydrogen) atoms. The van der Waals surface area contributed by atoms with Crippen LogP contribution >= 0.6 is 11.3 Å². The van der Waals surface area contributed by atoms with E-state index >= 15 is 0 Å². The second-order valence-corrected chi connectivity index (χ2v) is 6.01. The second-order valence-electron chi connectivity index (χ2n) is 5.04. The van der Waals surface area contributed by atoms with Crippen molar-refractivity contribution in [2.75, 3.05) is 11.9 Å². The van der Waals surface area contributed by atoms with Crippen molar-refractivity contribution in [1.29, 1.82) is 0 Å². The maximum absolute atomic E-state index is 11.6. The van der Waals surface area contributed by atoms with E-state index in [2.05, 4.69) is 15.5 Å². The number of ether oxygens (including phenoxy) is 1. The molecule has 0 aliphatic heterocycles. The standard InChI is InChI=1S/C17H15N3O4S/c1-2-24-16(23)10-3-5-11(6-4-10)18-17-20-19-15(25-17)13-8-7-12(21)9-14(13)22/h3-9,21-22H,2H2,1H3,(H,18,20).